The van der Waals surface area contributed by atoms with Gasteiger partial charge in [-0.1, -0.05) is 89.3 Å². The highest BCUT2D eigenvalue weighted by Crippen LogP contribution is 2.12. The minimum Gasteiger partial charge on any atom is -0.619 e. The summed E-state index contributed by atoms with van der Waals surface area (Å²) < 4.78 is 6.07. The summed E-state index contributed by atoms with van der Waals surface area (Å²) in [7, 11) is 0. The van der Waals surface area contributed by atoms with Crippen LogP contribution in [-0.2, 0) is 30.4 Å². The molecule has 5 rings (SSSR count). The Morgan fingerprint density at radius 3 is 1.74 bits per heavy atom. The predicted octanol–water partition coefficient (Wildman–Crippen LogP) is 9.48. The van der Waals surface area contributed by atoms with E-state index in [9.17, 15) is 5.21 Å². The van der Waals surface area contributed by atoms with Crippen LogP contribution in [0.25, 0.3) is 0 Å². The highest BCUT2D eigenvalue weighted by molar-refractivity contribution is 7.09. The largest absolute Gasteiger partial charge is 0.619 e. The SMILES string of the molecule is C.C.CC(C)CCN1CCOCC1.CC(C)Cc1cc[n+]([O-])cc1.CC(C)Cc1ccncc1.CC(C)Cc1nn[nH]n1.Cc1nc(CC(C)C)cs1. The number of ether oxygens (including phenoxy) is 1. The van der Waals surface area contributed by atoms with Gasteiger partial charge in [0.05, 0.1) is 23.9 Å². The molecule has 0 atom stereocenters. The number of nitrogens with one attached hydrogen (secondary N) is 1. The number of thiazole rings is 1. The van der Waals surface area contributed by atoms with E-state index in [1.54, 1.807) is 11.3 Å². The van der Waals surface area contributed by atoms with Crippen molar-refractivity contribution in [3.63, 3.8) is 0 Å². The zero-order valence-electron chi connectivity index (χ0n) is 33.5. The number of hydrogen-bond acceptors (Lipinski definition) is 9. The van der Waals surface area contributed by atoms with Crippen LogP contribution in [0.15, 0.2) is 54.4 Å². The van der Waals surface area contributed by atoms with Crippen molar-refractivity contribution in [1.82, 2.24) is 35.5 Å². The molecule has 4 aromatic rings. The van der Waals surface area contributed by atoms with Crippen molar-refractivity contribution in [2.24, 2.45) is 29.6 Å². The van der Waals surface area contributed by atoms with Gasteiger partial charge in [0, 0.05) is 49.4 Å². The molecule has 1 aliphatic rings. The molecule has 11 heteroatoms. The normalized spacial score (nSPS) is 12.3. The Balaban J connectivity index is 0. The molecule has 0 aromatic carbocycles. The molecule has 53 heavy (non-hydrogen) atoms. The summed E-state index contributed by atoms with van der Waals surface area (Å²) in [5, 5.41) is 27.4. The van der Waals surface area contributed by atoms with Crippen LogP contribution in [0, 0.1) is 41.7 Å². The van der Waals surface area contributed by atoms with Crippen LogP contribution in [0.4, 0.5) is 0 Å². The van der Waals surface area contributed by atoms with E-state index in [-0.39, 0.29) is 14.9 Å². The maximum atomic E-state index is 10.6. The summed E-state index contributed by atoms with van der Waals surface area (Å²) in [6.07, 6.45) is 12.3. The van der Waals surface area contributed by atoms with Gasteiger partial charge in [0.2, 0.25) is 0 Å². The molecule has 0 bridgehead atoms. The zero-order chi connectivity index (χ0) is 38.0. The highest BCUT2D eigenvalue weighted by atomic mass is 32.1. The summed E-state index contributed by atoms with van der Waals surface area (Å²) >= 11 is 1.74. The second-order valence-corrected chi connectivity index (χ2v) is 16.2. The van der Waals surface area contributed by atoms with Crippen molar-refractivity contribution in [3.8, 4) is 0 Å². The van der Waals surface area contributed by atoms with Crippen LogP contribution < -0.4 is 4.73 Å². The Kier molecular flexibility index (Phi) is 30.4. The lowest BCUT2D eigenvalue weighted by Gasteiger charge is -2.26. The average Bonchev–Trinajstić information content (AvgIpc) is 3.73. The van der Waals surface area contributed by atoms with Gasteiger partial charge in [-0.25, -0.2) is 4.98 Å². The van der Waals surface area contributed by atoms with Crippen LogP contribution in [0.5, 0.6) is 0 Å². The van der Waals surface area contributed by atoms with Gasteiger partial charge in [0.15, 0.2) is 18.2 Å². The van der Waals surface area contributed by atoms with Crippen molar-refractivity contribution < 1.29 is 9.47 Å². The first-order chi connectivity index (χ1) is 24.2. The first-order valence-corrected chi connectivity index (χ1v) is 19.6. The van der Waals surface area contributed by atoms with E-state index in [1.807, 2.05) is 24.5 Å². The summed E-state index contributed by atoms with van der Waals surface area (Å²) in [5.74, 6) is 4.34. The monoisotopic (exact) mass is 757 g/mol. The first kappa shape index (κ1) is 51.8. The Morgan fingerprint density at radius 2 is 1.30 bits per heavy atom. The fourth-order valence-electron chi connectivity index (χ4n) is 4.86. The number of tetrazole rings is 1. The quantitative estimate of drug-likeness (QED) is 0.119. The second kappa shape index (κ2) is 31.1. The Hall–Kier alpha value is -3.28. The lowest BCUT2D eigenvalue weighted by atomic mass is 10.0. The lowest BCUT2D eigenvalue weighted by Crippen LogP contribution is -2.37. The van der Waals surface area contributed by atoms with E-state index in [4.69, 9.17) is 4.74 Å². The molecular weight excluding hydrogens is 681 g/mol. The second-order valence-electron chi connectivity index (χ2n) is 15.1. The molecule has 0 amide bonds. The topological polar surface area (TPSA) is 120 Å². The number of aromatic nitrogens is 7. The third kappa shape index (κ3) is 29.8. The van der Waals surface area contributed by atoms with Gasteiger partial charge < -0.3 is 9.94 Å². The lowest BCUT2D eigenvalue weighted by molar-refractivity contribution is -0.605. The van der Waals surface area contributed by atoms with Crippen molar-refractivity contribution in [3.05, 3.63) is 87.3 Å². The molecule has 0 saturated carbocycles. The first-order valence-electron chi connectivity index (χ1n) is 18.7. The molecule has 4 aromatic heterocycles. The van der Waals surface area contributed by atoms with E-state index in [0.29, 0.717) is 11.8 Å². The molecule has 10 nitrogen and oxygen atoms in total. The number of aryl methyl sites for hydroxylation is 1. The molecule has 5 heterocycles. The van der Waals surface area contributed by atoms with Gasteiger partial charge in [0.25, 0.3) is 0 Å². The summed E-state index contributed by atoms with van der Waals surface area (Å²) in [5.41, 5.74) is 3.86. The maximum absolute atomic E-state index is 10.6. The molecule has 0 unspecified atom stereocenters. The minimum absolute atomic E-state index is 0. The summed E-state index contributed by atoms with van der Waals surface area (Å²) in [4.78, 5) is 10.8. The van der Waals surface area contributed by atoms with Gasteiger partial charge in [-0.2, -0.15) is 9.94 Å². The van der Waals surface area contributed by atoms with Gasteiger partial charge >= 0.3 is 0 Å². The fourth-order valence-corrected chi connectivity index (χ4v) is 5.49. The van der Waals surface area contributed by atoms with Crippen LogP contribution in [0.3, 0.4) is 0 Å². The predicted molar refractivity (Wildman–Crippen MR) is 225 cm³/mol. The van der Waals surface area contributed by atoms with Crippen LogP contribution in [0.2, 0.25) is 0 Å². The Labute approximate surface area is 328 Å². The Morgan fingerprint density at radius 1 is 0.774 bits per heavy atom. The van der Waals surface area contributed by atoms with Crippen molar-refractivity contribution in [2.45, 2.75) is 123 Å². The van der Waals surface area contributed by atoms with Gasteiger partial charge in [0.1, 0.15) is 0 Å². The van der Waals surface area contributed by atoms with Crippen LogP contribution in [-0.4, -0.2) is 68.3 Å². The highest BCUT2D eigenvalue weighted by Gasteiger charge is 2.09. The van der Waals surface area contributed by atoms with E-state index in [2.05, 4.69) is 129 Å². The van der Waals surface area contributed by atoms with Crippen LogP contribution >= 0.6 is 11.3 Å². The average molecular weight is 757 g/mol. The number of nitrogens with zero attached hydrogens (tertiary/aromatic N) is 7. The molecule has 1 saturated heterocycles. The van der Waals surface area contributed by atoms with Crippen molar-refractivity contribution >= 4 is 11.3 Å². The molecule has 0 spiro atoms. The summed E-state index contributed by atoms with van der Waals surface area (Å²) in [6, 6.07) is 7.88. The molecule has 0 aliphatic carbocycles. The number of H-pyrrole nitrogens is 1. The molecule has 302 valence electrons. The van der Waals surface area contributed by atoms with E-state index >= 15 is 0 Å². The van der Waals surface area contributed by atoms with Crippen LogP contribution in [0.1, 0.15) is 118 Å². The summed E-state index contributed by atoms with van der Waals surface area (Å²) in [6.45, 7) is 29.4. The van der Waals surface area contributed by atoms with E-state index in [0.717, 1.165) is 80.3 Å². The standard InChI is InChI=1S/C9H13NO.C9H19NO.C9H13N.C8H13NS.C5H10N4.2CH4/c1-8(2)7-9-3-5-10(11)6-4-9;1-9(2)3-4-10-5-7-11-8-6-10;1-8(2)7-9-3-5-10-6-4-9;1-6(2)4-8-5-10-7(3)9-8;1-4(2)3-5-6-8-9-7-5;;/h3-6,8H,7H2,1-2H3;9H,3-8H2,1-2H3;3-6,8H,7H2,1-2H3;5-6H,4H2,1-3H3;4H,3H2,1-2H3,(H,6,7,8,9);2*1H4. The number of morpholine rings is 1. The van der Waals surface area contributed by atoms with Gasteiger partial charge in [-0.3, -0.25) is 9.88 Å². The molecule has 1 N–H and O–H groups in total. The smallest absolute Gasteiger partial charge is 0.180 e. The fraction of sp³-hybridized carbons (Fsp3) is 0.667. The molecule has 0 radical (unpaired) electrons. The molecule has 1 fully saturated rings. The van der Waals surface area contributed by atoms with Crippen molar-refractivity contribution in [1.29, 1.82) is 0 Å². The Bertz CT molecular complexity index is 1340. The number of hydrogen-bond donors (Lipinski definition) is 1. The number of pyridine rings is 2. The van der Waals surface area contributed by atoms with Gasteiger partial charge in [-0.15, -0.1) is 21.5 Å². The van der Waals surface area contributed by atoms with E-state index < -0.39 is 0 Å². The number of rotatable bonds is 11. The zero-order valence-corrected chi connectivity index (χ0v) is 34.3. The number of aromatic amines is 1. The van der Waals surface area contributed by atoms with E-state index in [1.165, 1.54) is 47.2 Å². The molecule has 1 aliphatic heterocycles. The van der Waals surface area contributed by atoms with Gasteiger partial charge in [-0.05, 0) is 92.0 Å². The third-order valence-electron chi connectivity index (χ3n) is 7.30. The maximum Gasteiger partial charge on any atom is 0.180 e. The minimum atomic E-state index is 0. The molecular formula is C42H76N8O2S. The van der Waals surface area contributed by atoms with Crippen molar-refractivity contribution in [2.75, 3.05) is 32.8 Å². The third-order valence-corrected chi connectivity index (χ3v) is 8.12.